The number of piperazine rings is 1. The first-order valence-corrected chi connectivity index (χ1v) is 8.06. The minimum atomic E-state index is 0.858. The van der Waals surface area contributed by atoms with Crippen LogP contribution in [0.25, 0.3) is 0 Å². The molecule has 1 aromatic rings. The molecule has 0 aromatic heterocycles. The molecule has 0 amide bonds. The van der Waals surface area contributed by atoms with E-state index in [1.165, 1.54) is 24.2 Å². The van der Waals surface area contributed by atoms with Crippen molar-refractivity contribution in [3.8, 4) is 0 Å². The Balaban J connectivity index is 2.01. The van der Waals surface area contributed by atoms with Crippen molar-refractivity contribution in [1.82, 2.24) is 4.90 Å². The van der Waals surface area contributed by atoms with Crippen LogP contribution in [0.2, 0.25) is 5.02 Å². The van der Waals surface area contributed by atoms with Crippen LogP contribution in [0.1, 0.15) is 18.9 Å². The van der Waals surface area contributed by atoms with Crippen LogP contribution in [0.3, 0.4) is 0 Å². The molecule has 1 aliphatic rings. The number of benzene rings is 1. The summed E-state index contributed by atoms with van der Waals surface area (Å²) in [4.78, 5) is 4.92. The molecule has 0 N–H and O–H groups in total. The Morgan fingerprint density at radius 1 is 1.22 bits per heavy atom. The van der Waals surface area contributed by atoms with Gasteiger partial charge in [-0.05, 0) is 30.7 Å². The minimum Gasteiger partial charge on any atom is -0.368 e. The fourth-order valence-corrected chi connectivity index (χ4v) is 3.09. The molecule has 4 heteroatoms. The zero-order chi connectivity index (χ0) is 13.0. The summed E-state index contributed by atoms with van der Waals surface area (Å²) in [6, 6.07) is 6.35. The van der Waals surface area contributed by atoms with E-state index >= 15 is 0 Å². The molecule has 1 fully saturated rings. The lowest BCUT2D eigenvalue weighted by Crippen LogP contribution is -2.46. The molecule has 18 heavy (non-hydrogen) atoms. The van der Waals surface area contributed by atoms with Crippen molar-refractivity contribution in [3.05, 3.63) is 28.8 Å². The highest BCUT2D eigenvalue weighted by Gasteiger charge is 2.18. The van der Waals surface area contributed by atoms with Gasteiger partial charge in [-0.2, -0.15) is 0 Å². The van der Waals surface area contributed by atoms with Crippen LogP contribution >= 0.6 is 27.5 Å². The molecule has 0 atom stereocenters. The summed E-state index contributed by atoms with van der Waals surface area (Å²) in [6.45, 7) is 7.89. The fourth-order valence-electron chi connectivity index (χ4n) is 2.42. The number of halogens is 2. The summed E-state index contributed by atoms with van der Waals surface area (Å²) < 4.78 is 0. The maximum Gasteiger partial charge on any atom is 0.0642 e. The van der Waals surface area contributed by atoms with E-state index in [1.54, 1.807) is 0 Å². The molecule has 100 valence electrons. The van der Waals surface area contributed by atoms with Crippen LogP contribution in [-0.4, -0.2) is 37.6 Å². The molecule has 0 saturated carbocycles. The van der Waals surface area contributed by atoms with Gasteiger partial charge in [0.15, 0.2) is 0 Å². The zero-order valence-corrected chi connectivity index (χ0v) is 13.2. The Kier molecular flexibility index (Phi) is 5.34. The van der Waals surface area contributed by atoms with Gasteiger partial charge in [-0.25, -0.2) is 0 Å². The second-order valence-corrected chi connectivity index (χ2v) is 5.72. The third-order valence-electron chi connectivity index (χ3n) is 3.42. The molecular weight excluding hydrogens is 312 g/mol. The molecule has 0 bridgehead atoms. The Hall–Kier alpha value is -0.250. The van der Waals surface area contributed by atoms with Crippen LogP contribution in [0.5, 0.6) is 0 Å². The Labute approximate surface area is 123 Å². The van der Waals surface area contributed by atoms with Gasteiger partial charge in [0.25, 0.3) is 0 Å². The standard InChI is InChI=1S/C14H20BrClN2/c1-2-5-17-6-8-18(9-7-17)14-4-3-12(11-15)10-13(14)16/h3-4,10H,2,5-9,11H2,1H3. The highest BCUT2D eigenvalue weighted by atomic mass is 79.9. The number of nitrogens with zero attached hydrogens (tertiary/aromatic N) is 2. The van der Waals surface area contributed by atoms with Gasteiger partial charge < -0.3 is 4.90 Å². The monoisotopic (exact) mass is 330 g/mol. The molecule has 2 nitrogen and oxygen atoms in total. The summed E-state index contributed by atoms with van der Waals surface area (Å²) in [6.07, 6.45) is 1.24. The minimum absolute atomic E-state index is 0.858. The molecule has 0 radical (unpaired) electrons. The van der Waals surface area contributed by atoms with Crippen molar-refractivity contribution in [3.63, 3.8) is 0 Å². The van der Waals surface area contributed by atoms with Crippen molar-refractivity contribution in [2.24, 2.45) is 0 Å². The molecule has 0 unspecified atom stereocenters. The molecular formula is C14H20BrClN2. The average molecular weight is 332 g/mol. The number of hydrogen-bond donors (Lipinski definition) is 0. The van der Waals surface area contributed by atoms with E-state index in [9.17, 15) is 0 Å². The highest BCUT2D eigenvalue weighted by Crippen LogP contribution is 2.28. The molecule has 1 heterocycles. The Morgan fingerprint density at radius 2 is 1.94 bits per heavy atom. The van der Waals surface area contributed by atoms with Crippen LogP contribution in [0, 0.1) is 0 Å². The van der Waals surface area contributed by atoms with E-state index in [-0.39, 0.29) is 0 Å². The predicted octanol–water partition coefficient (Wildman–Crippen LogP) is 3.77. The van der Waals surface area contributed by atoms with Gasteiger partial charge in [-0.15, -0.1) is 0 Å². The van der Waals surface area contributed by atoms with Crippen molar-refractivity contribution >= 4 is 33.2 Å². The molecule has 2 rings (SSSR count). The van der Waals surface area contributed by atoms with Crippen LogP contribution in [0.4, 0.5) is 5.69 Å². The van der Waals surface area contributed by atoms with Crippen molar-refractivity contribution < 1.29 is 0 Å². The number of rotatable bonds is 4. The first-order chi connectivity index (χ1) is 8.74. The summed E-state index contributed by atoms with van der Waals surface area (Å²) in [5.41, 5.74) is 2.41. The molecule has 0 aliphatic carbocycles. The number of hydrogen-bond acceptors (Lipinski definition) is 2. The van der Waals surface area contributed by atoms with Gasteiger partial charge in [-0.1, -0.05) is 40.5 Å². The maximum absolute atomic E-state index is 6.36. The normalized spacial score (nSPS) is 17.2. The summed E-state index contributed by atoms with van der Waals surface area (Å²) in [7, 11) is 0. The van der Waals surface area contributed by atoms with Crippen molar-refractivity contribution in [2.45, 2.75) is 18.7 Å². The predicted molar refractivity (Wildman–Crippen MR) is 83.0 cm³/mol. The van der Waals surface area contributed by atoms with E-state index in [1.807, 2.05) is 0 Å². The zero-order valence-electron chi connectivity index (χ0n) is 10.8. The molecule has 1 aromatic carbocycles. The van der Waals surface area contributed by atoms with Crippen molar-refractivity contribution in [2.75, 3.05) is 37.6 Å². The van der Waals surface area contributed by atoms with E-state index in [0.29, 0.717) is 0 Å². The maximum atomic E-state index is 6.36. The number of alkyl halides is 1. The van der Waals surface area contributed by atoms with Gasteiger partial charge in [0.05, 0.1) is 10.7 Å². The lowest BCUT2D eigenvalue weighted by molar-refractivity contribution is 0.258. The molecule has 0 spiro atoms. The largest absolute Gasteiger partial charge is 0.368 e. The first-order valence-electron chi connectivity index (χ1n) is 6.56. The van der Waals surface area contributed by atoms with Gasteiger partial charge in [0.2, 0.25) is 0 Å². The summed E-state index contributed by atoms with van der Waals surface area (Å²) in [5, 5.41) is 1.73. The van der Waals surface area contributed by atoms with E-state index in [0.717, 1.165) is 36.5 Å². The van der Waals surface area contributed by atoms with Crippen LogP contribution < -0.4 is 4.90 Å². The lowest BCUT2D eigenvalue weighted by atomic mass is 10.2. The van der Waals surface area contributed by atoms with E-state index < -0.39 is 0 Å². The van der Waals surface area contributed by atoms with Gasteiger partial charge >= 0.3 is 0 Å². The summed E-state index contributed by atoms with van der Waals surface area (Å²) >= 11 is 9.82. The smallest absolute Gasteiger partial charge is 0.0642 e. The average Bonchev–Trinajstić information content (AvgIpc) is 2.40. The van der Waals surface area contributed by atoms with E-state index in [4.69, 9.17) is 11.6 Å². The first kappa shape index (κ1) is 14.2. The number of anilines is 1. The van der Waals surface area contributed by atoms with Gasteiger partial charge in [0.1, 0.15) is 0 Å². The van der Waals surface area contributed by atoms with Gasteiger partial charge in [0, 0.05) is 31.5 Å². The third-order valence-corrected chi connectivity index (χ3v) is 4.37. The van der Waals surface area contributed by atoms with Crippen molar-refractivity contribution in [1.29, 1.82) is 0 Å². The quantitative estimate of drug-likeness (QED) is 0.775. The van der Waals surface area contributed by atoms with Crippen LogP contribution in [-0.2, 0) is 5.33 Å². The van der Waals surface area contributed by atoms with E-state index in [2.05, 4.69) is 50.9 Å². The highest BCUT2D eigenvalue weighted by molar-refractivity contribution is 9.08. The summed E-state index contributed by atoms with van der Waals surface area (Å²) in [5.74, 6) is 0. The molecule has 1 aliphatic heterocycles. The second kappa shape index (κ2) is 6.78. The third kappa shape index (κ3) is 3.40. The Morgan fingerprint density at radius 3 is 2.50 bits per heavy atom. The molecule has 1 saturated heterocycles. The van der Waals surface area contributed by atoms with Crippen LogP contribution in [0.15, 0.2) is 18.2 Å². The fraction of sp³-hybridized carbons (Fsp3) is 0.571. The second-order valence-electron chi connectivity index (χ2n) is 4.75. The van der Waals surface area contributed by atoms with Gasteiger partial charge in [-0.3, -0.25) is 4.90 Å². The SMILES string of the molecule is CCCN1CCN(c2ccc(CBr)cc2Cl)CC1. The Bertz CT molecular complexity index is 389. The topological polar surface area (TPSA) is 6.48 Å². The lowest BCUT2D eigenvalue weighted by Gasteiger charge is -2.36.